The van der Waals surface area contributed by atoms with Crippen molar-refractivity contribution >= 4 is 5.91 Å². The van der Waals surface area contributed by atoms with Gasteiger partial charge in [-0.05, 0) is 38.5 Å². The lowest BCUT2D eigenvalue weighted by molar-refractivity contribution is -0.124. The molecule has 5 heteroatoms. The van der Waals surface area contributed by atoms with Crippen molar-refractivity contribution in [2.24, 2.45) is 0 Å². The van der Waals surface area contributed by atoms with Gasteiger partial charge in [0.2, 0.25) is 5.91 Å². The predicted octanol–water partition coefficient (Wildman–Crippen LogP) is 13.2. The predicted molar refractivity (Wildman–Crippen MR) is 222 cm³/mol. The maximum atomic E-state index is 12.4. The van der Waals surface area contributed by atoms with Crippen molar-refractivity contribution in [3.05, 3.63) is 12.2 Å². The molecule has 1 amide bonds. The molecule has 0 saturated carbocycles. The van der Waals surface area contributed by atoms with Gasteiger partial charge in [0.25, 0.3) is 0 Å². The third kappa shape index (κ3) is 37.2. The summed E-state index contributed by atoms with van der Waals surface area (Å²) in [6, 6.07) is -0.803. The SMILES string of the molecule is CCCCCCCCCCCCCC/C=C\CCCCCCCCCCCCCCCC(=O)NC(CO)C(O)C(O)CCCCCCCCCC. The van der Waals surface area contributed by atoms with Crippen molar-refractivity contribution in [2.45, 2.75) is 270 Å². The molecule has 0 aliphatic rings. The standard InChI is InChI=1S/C46H91NO4/c1-3-5-7-9-11-13-14-15-16-17-18-19-20-21-22-23-24-25-26-27-28-29-30-31-32-33-35-37-39-41-45(50)47-43(42-48)46(51)44(49)40-38-36-34-12-10-8-6-4-2/h21-22,43-44,46,48-49,51H,3-20,23-42H2,1-2H3,(H,47,50)/b22-21-. The number of carbonyl (C=O) groups excluding carboxylic acids is 1. The first-order valence-electron chi connectivity index (χ1n) is 23.0. The van der Waals surface area contributed by atoms with E-state index in [1.807, 2.05) is 0 Å². The summed E-state index contributed by atoms with van der Waals surface area (Å²) in [4.78, 5) is 12.4. The summed E-state index contributed by atoms with van der Waals surface area (Å²) in [5, 5.41) is 33.3. The van der Waals surface area contributed by atoms with Crippen LogP contribution >= 0.6 is 0 Å². The number of unbranched alkanes of at least 4 members (excludes halogenated alkanes) is 32. The monoisotopic (exact) mass is 722 g/mol. The number of nitrogens with one attached hydrogen (secondary N) is 1. The van der Waals surface area contributed by atoms with Gasteiger partial charge in [0.1, 0.15) is 6.10 Å². The van der Waals surface area contributed by atoms with E-state index in [-0.39, 0.29) is 12.5 Å². The normalized spacial score (nSPS) is 13.6. The molecule has 304 valence electrons. The van der Waals surface area contributed by atoms with Crippen LogP contribution in [0.2, 0.25) is 0 Å². The maximum absolute atomic E-state index is 12.4. The Morgan fingerprint density at radius 1 is 0.471 bits per heavy atom. The fourth-order valence-electron chi connectivity index (χ4n) is 7.28. The highest BCUT2D eigenvalue weighted by Crippen LogP contribution is 2.16. The molecule has 0 spiro atoms. The highest BCUT2D eigenvalue weighted by molar-refractivity contribution is 5.76. The van der Waals surface area contributed by atoms with Gasteiger partial charge in [-0.1, -0.05) is 219 Å². The quantitative estimate of drug-likeness (QED) is 0.0373. The van der Waals surface area contributed by atoms with Gasteiger partial charge >= 0.3 is 0 Å². The number of aliphatic hydroxyl groups excluding tert-OH is 3. The minimum absolute atomic E-state index is 0.145. The molecule has 0 aromatic rings. The Morgan fingerprint density at radius 3 is 1.14 bits per heavy atom. The number of rotatable bonds is 42. The minimum atomic E-state index is -1.13. The lowest BCUT2D eigenvalue weighted by Gasteiger charge is -2.26. The van der Waals surface area contributed by atoms with Crippen molar-refractivity contribution in [1.82, 2.24) is 5.32 Å². The zero-order chi connectivity index (χ0) is 37.3. The molecule has 51 heavy (non-hydrogen) atoms. The Labute approximate surface area is 319 Å². The molecule has 5 nitrogen and oxygen atoms in total. The van der Waals surface area contributed by atoms with Gasteiger partial charge in [0, 0.05) is 6.42 Å². The molecule has 0 aliphatic carbocycles. The van der Waals surface area contributed by atoms with Crippen LogP contribution in [0.5, 0.6) is 0 Å². The summed E-state index contributed by atoms with van der Waals surface area (Å²) in [5.74, 6) is -0.145. The summed E-state index contributed by atoms with van der Waals surface area (Å²) in [7, 11) is 0. The fourth-order valence-corrected chi connectivity index (χ4v) is 7.28. The Morgan fingerprint density at radius 2 is 0.784 bits per heavy atom. The first-order chi connectivity index (χ1) is 25.1. The average Bonchev–Trinajstić information content (AvgIpc) is 3.13. The first-order valence-corrected chi connectivity index (χ1v) is 23.0. The molecule has 0 rings (SSSR count). The third-order valence-electron chi connectivity index (χ3n) is 10.9. The van der Waals surface area contributed by atoms with Crippen LogP contribution in [0.1, 0.15) is 251 Å². The number of hydrogen-bond donors (Lipinski definition) is 4. The molecule has 0 saturated heterocycles. The molecule has 0 radical (unpaired) electrons. The Bertz CT molecular complexity index is 713. The molecule has 0 aliphatic heterocycles. The maximum Gasteiger partial charge on any atom is 0.220 e. The van der Waals surface area contributed by atoms with E-state index in [2.05, 4.69) is 31.3 Å². The number of hydrogen-bond acceptors (Lipinski definition) is 4. The second-order valence-electron chi connectivity index (χ2n) is 16.0. The smallest absolute Gasteiger partial charge is 0.220 e. The average molecular weight is 722 g/mol. The van der Waals surface area contributed by atoms with Crippen LogP contribution in [-0.2, 0) is 4.79 Å². The van der Waals surface area contributed by atoms with E-state index < -0.39 is 18.2 Å². The van der Waals surface area contributed by atoms with E-state index in [0.717, 1.165) is 38.5 Å². The van der Waals surface area contributed by atoms with Gasteiger partial charge in [-0.3, -0.25) is 4.79 Å². The summed E-state index contributed by atoms with van der Waals surface area (Å²) in [6.07, 6.45) is 49.3. The summed E-state index contributed by atoms with van der Waals surface area (Å²) >= 11 is 0. The number of aliphatic hydroxyl groups is 3. The molecule has 0 aromatic heterocycles. The Balaban J connectivity index is 3.46. The summed E-state index contributed by atoms with van der Waals surface area (Å²) in [5.41, 5.74) is 0. The van der Waals surface area contributed by atoms with Gasteiger partial charge in [-0.15, -0.1) is 0 Å². The Kier molecular flexibility index (Phi) is 41.1. The second-order valence-corrected chi connectivity index (χ2v) is 16.0. The van der Waals surface area contributed by atoms with E-state index in [9.17, 15) is 20.1 Å². The molecule has 3 unspecified atom stereocenters. The fraction of sp³-hybridized carbons (Fsp3) is 0.935. The molecular weight excluding hydrogens is 631 g/mol. The van der Waals surface area contributed by atoms with E-state index in [0.29, 0.717) is 12.8 Å². The van der Waals surface area contributed by atoms with Crippen molar-refractivity contribution in [2.75, 3.05) is 6.61 Å². The first kappa shape index (κ1) is 50.1. The lowest BCUT2D eigenvalue weighted by atomic mass is 9.99. The second kappa shape index (κ2) is 41.8. The van der Waals surface area contributed by atoms with Crippen LogP contribution < -0.4 is 5.32 Å². The summed E-state index contributed by atoms with van der Waals surface area (Å²) < 4.78 is 0. The van der Waals surface area contributed by atoms with E-state index >= 15 is 0 Å². The van der Waals surface area contributed by atoms with Crippen molar-refractivity contribution in [1.29, 1.82) is 0 Å². The topological polar surface area (TPSA) is 89.8 Å². The largest absolute Gasteiger partial charge is 0.394 e. The van der Waals surface area contributed by atoms with Crippen LogP contribution in [0.15, 0.2) is 12.2 Å². The van der Waals surface area contributed by atoms with E-state index in [1.165, 1.54) is 186 Å². The molecular formula is C46H91NO4. The third-order valence-corrected chi connectivity index (χ3v) is 10.9. The minimum Gasteiger partial charge on any atom is -0.394 e. The van der Waals surface area contributed by atoms with Crippen molar-refractivity contribution < 1.29 is 20.1 Å². The number of allylic oxidation sites excluding steroid dienone is 2. The van der Waals surface area contributed by atoms with Gasteiger partial charge in [0.05, 0.1) is 18.8 Å². The number of carbonyl (C=O) groups is 1. The molecule has 0 aromatic carbocycles. The van der Waals surface area contributed by atoms with Gasteiger partial charge in [-0.25, -0.2) is 0 Å². The van der Waals surface area contributed by atoms with Crippen molar-refractivity contribution in [3.8, 4) is 0 Å². The van der Waals surface area contributed by atoms with E-state index in [1.54, 1.807) is 0 Å². The molecule has 0 bridgehead atoms. The van der Waals surface area contributed by atoms with Crippen LogP contribution in [0.25, 0.3) is 0 Å². The molecule has 3 atom stereocenters. The van der Waals surface area contributed by atoms with Crippen LogP contribution in [-0.4, -0.2) is 46.1 Å². The van der Waals surface area contributed by atoms with E-state index in [4.69, 9.17) is 0 Å². The van der Waals surface area contributed by atoms with Crippen LogP contribution in [0, 0.1) is 0 Å². The highest BCUT2D eigenvalue weighted by Gasteiger charge is 2.26. The lowest BCUT2D eigenvalue weighted by Crippen LogP contribution is -2.50. The van der Waals surface area contributed by atoms with Crippen LogP contribution in [0.4, 0.5) is 0 Å². The zero-order valence-corrected chi connectivity index (χ0v) is 34.5. The zero-order valence-electron chi connectivity index (χ0n) is 34.5. The van der Waals surface area contributed by atoms with Gasteiger partial charge in [-0.2, -0.15) is 0 Å². The Hall–Kier alpha value is -0.910. The molecule has 4 N–H and O–H groups in total. The molecule has 0 heterocycles. The number of amides is 1. The highest BCUT2D eigenvalue weighted by atomic mass is 16.3. The molecule has 0 fully saturated rings. The van der Waals surface area contributed by atoms with Gasteiger partial charge in [0.15, 0.2) is 0 Å². The summed E-state index contributed by atoms with van der Waals surface area (Å²) in [6.45, 7) is 4.15. The van der Waals surface area contributed by atoms with Crippen molar-refractivity contribution in [3.63, 3.8) is 0 Å². The van der Waals surface area contributed by atoms with Gasteiger partial charge < -0.3 is 20.6 Å². The van der Waals surface area contributed by atoms with Crippen LogP contribution in [0.3, 0.4) is 0 Å².